The molecule has 0 saturated heterocycles. The van der Waals surface area contributed by atoms with Crippen LogP contribution in [0, 0.1) is 5.92 Å². The molecular formula is C27H37BrN2O11. The summed E-state index contributed by atoms with van der Waals surface area (Å²) in [6.07, 6.45) is -0.702. The Morgan fingerprint density at radius 3 is 2.54 bits per heavy atom. The van der Waals surface area contributed by atoms with Crippen LogP contribution in [0.25, 0.3) is 11.0 Å². The van der Waals surface area contributed by atoms with Gasteiger partial charge in [0.15, 0.2) is 0 Å². The van der Waals surface area contributed by atoms with Crippen molar-refractivity contribution < 1.29 is 48.3 Å². The molecule has 0 aliphatic heterocycles. The van der Waals surface area contributed by atoms with Crippen molar-refractivity contribution in [2.45, 2.75) is 45.3 Å². The van der Waals surface area contributed by atoms with Crippen molar-refractivity contribution in [3.05, 3.63) is 38.7 Å². The highest BCUT2D eigenvalue weighted by molar-refractivity contribution is 9.10. The van der Waals surface area contributed by atoms with E-state index in [4.69, 9.17) is 23.7 Å². The third-order valence-corrected chi connectivity index (χ3v) is 6.53. The molecule has 1 aromatic heterocycles. The molecular weight excluding hydrogens is 608 g/mol. The zero-order chi connectivity index (χ0) is 30.4. The monoisotopic (exact) mass is 644 g/mol. The molecule has 2 rings (SSSR count). The average molecular weight is 646 g/mol. The normalized spacial score (nSPS) is 13.3. The molecule has 1 heterocycles. The largest absolute Gasteiger partial charge is 0.490 e. The average Bonchev–Trinajstić information content (AvgIpc) is 2.94. The number of benzene rings is 1. The van der Waals surface area contributed by atoms with Crippen LogP contribution in [0.4, 0.5) is 0 Å². The quantitative estimate of drug-likeness (QED) is 0.0878. The van der Waals surface area contributed by atoms with E-state index in [-0.39, 0.29) is 75.3 Å². The predicted octanol–water partition coefficient (Wildman–Crippen LogP) is 0.880. The van der Waals surface area contributed by atoms with Crippen LogP contribution >= 0.6 is 15.9 Å². The molecule has 0 bridgehead atoms. The van der Waals surface area contributed by atoms with Gasteiger partial charge in [-0.1, -0.05) is 0 Å². The van der Waals surface area contributed by atoms with Crippen LogP contribution in [0.3, 0.4) is 0 Å². The molecule has 228 valence electrons. The molecule has 0 spiro atoms. The second kappa shape index (κ2) is 17.7. The molecule has 3 unspecified atom stereocenters. The number of ether oxygens (including phenoxy) is 3. The number of nitrogens with one attached hydrogen (secondary N) is 2. The molecule has 2 aromatic rings. The summed E-state index contributed by atoms with van der Waals surface area (Å²) in [7, 11) is 0. The van der Waals surface area contributed by atoms with E-state index < -0.39 is 35.6 Å². The summed E-state index contributed by atoms with van der Waals surface area (Å²) in [5.74, 6) is -2.28. The predicted molar refractivity (Wildman–Crippen MR) is 151 cm³/mol. The number of fused-ring (bicyclic) bond motifs is 1. The van der Waals surface area contributed by atoms with E-state index in [0.717, 1.165) is 0 Å². The molecule has 13 nitrogen and oxygen atoms in total. The van der Waals surface area contributed by atoms with Crippen molar-refractivity contribution >= 4 is 44.7 Å². The first kappa shape index (κ1) is 34.2. The second-order valence-electron chi connectivity index (χ2n) is 9.01. The van der Waals surface area contributed by atoms with Gasteiger partial charge in [0.05, 0.1) is 30.4 Å². The maximum Gasteiger partial charge on any atom is 0.349 e. The number of carbonyl (C=O) groups is 3. The van der Waals surface area contributed by atoms with Gasteiger partial charge < -0.3 is 44.6 Å². The summed E-state index contributed by atoms with van der Waals surface area (Å²) in [6.45, 7) is 3.64. The lowest BCUT2D eigenvalue weighted by Gasteiger charge is -2.21. The molecule has 3 atom stereocenters. The van der Waals surface area contributed by atoms with Gasteiger partial charge in [-0.25, -0.2) is 9.59 Å². The number of halogens is 1. The van der Waals surface area contributed by atoms with Crippen LogP contribution < -0.4 is 21.0 Å². The number of carbonyl (C=O) groups excluding carboxylic acids is 3. The fourth-order valence-electron chi connectivity index (χ4n) is 3.68. The fourth-order valence-corrected chi connectivity index (χ4v) is 4.15. The Labute approximate surface area is 245 Å². The van der Waals surface area contributed by atoms with Crippen LogP contribution in [0.2, 0.25) is 0 Å². The first-order chi connectivity index (χ1) is 19.6. The van der Waals surface area contributed by atoms with E-state index in [1.165, 1.54) is 12.1 Å². The van der Waals surface area contributed by atoms with Crippen LogP contribution in [-0.2, 0) is 19.1 Å². The van der Waals surface area contributed by atoms with Gasteiger partial charge in [0.1, 0.15) is 29.5 Å². The Balaban J connectivity index is 2.16. The van der Waals surface area contributed by atoms with E-state index in [9.17, 15) is 29.4 Å². The first-order valence-corrected chi connectivity index (χ1v) is 14.1. The molecule has 0 fully saturated rings. The number of esters is 1. The van der Waals surface area contributed by atoms with Crippen molar-refractivity contribution in [1.82, 2.24) is 10.6 Å². The number of aliphatic hydroxyl groups excluding tert-OH is 3. The fraction of sp³-hybridized carbons (Fsp3) is 0.556. The molecule has 0 aliphatic rings. The molecule has 41 heavy (non-hydrogen) atoms. The summed E-state index contributed by atoms with van der Waals surface area (Å²) in [4.78, 5) is 49.8. The summed E-state index contributed by atoms with van der Waals surface area (Å²) >= 11 is 3.36. The number of hydrogen-bond acceptors (Lipinski definition) is 11. The molecule has 5 N–H and O–H groups in total. The Morgan fingerprint density at radius 1 is 1.12 bits per heavy atom. The van der Waals surface area contributed by atoms with Crippen LogP contribution in [0.5, 0.6) is 5.75 Å². The minimum atomic E-state index is -1.16. The van der Waals surface area contributed by atoms with Crippen molar-refractivity contribution in [1.29, 1.82) is 0 Å². The summed E-state index contributed by atoms with van der Waals surface area (Å²) in [6, 6.07) is 3.11. The summed E-state index contributed by atoms with van der Waals surface area (Å²) in [5, 5.41) is 34.2. The van der Waals surface area contributed by atoms with Gasteiger partial charge in [0.25, 0.3) is 5.91 Å². The van der Waals surface area contributed by atoms with Crippen LogP contribution in [-0.4, -0.2) is 91.4 Å². The topological polar surface area (TPSA) is 194 Å². The lowest BCUT2D eigenvalue weighted by atomic mass is 10.1. The molecule has 0 saturated carbocycles. The van der Waals surface area contributed by atoms with E-state index >= 15 is 0 Å². The molecule has 1 aromatic carbocycles. The molecule has 14 heteroatoms. The molecule has 0 aliphatic carbocycles. The lowest BCUT2D eigenvalue weighted by Crippen LogP contribution is -2.43. The van der Waals surface area contributed by atoms with Gasteiger partial charge in [-0.2, -0.15) is 0 Å². The second-order valence-corrected chi connectivity index (χ2v) is 9.87. The van der Waals surface area contributed by atoms with Gasteiger partial charge >= 0.3 is 11.6 Å². The van der Waals surface area contributed by atoms with Gasteiger partial charge in [0.2, 0.25) is 5.91 Å². The van der Waals surface area contributed by atoms with E-state index in [0.29, 0.717) is 22.8 Å². The third kappa shape index (κ3) is 10.7. The van der Waals surface area contributed by atoms with Gasteiger partial charge in [-0.15, -0.1) is 0 Å². The Hall–Kier alpha value is -3.04. The standard InChI is InChI=1S/C27H37BrN2O11/c1-3-29-24(34)7-6-20(27(37)39-4-2)30-25(35)18-10-16-11-19(28)23(12-22(16)41-26(18)36)40-15-21(33)17(13-32)14-38-9-5-8-31/h10-12,17,20-21,31-33H,3-9,13-15H2,1-2H3,(H,29,34)(H,30,35). The highest BCUT2D eigenvalue weighted by Crippen LogP contribution is 2.31. The van der Waals surface area contributed by atoms with E-state index in [1.807, 2.05) is 0 Å². The van der Waals surface area contributed by atoms with Gasteiger partial charge in [0, 0.05) is 43.5 Å². The Kier molecular flexibility index (Phi) is 14.8. The molecule has 2 amide bonds. The van der Waals surface area contributed by atoms with Crippen molar-refractivity contribution in [3.63, 3.8) is 0 Å². The van der Waals surface area contributed by atoms with E-state index in [2.05, 4.69) is 26.6 Å². The summed E-state index contributed by atoms with van der Waals surface area (Å²) in [5.41, 5.74) is -1.22. The minimum absolute atomic E-state index is 0.0267. The maximum absolute atomic E-state index is 12.9. The maximum atomic E-state index is 12.9. The third-order valence-electron chi connectivity index (χ3n) is 5.91. The highest BCUT2D eigenvalue weighted by Gasteiger charge is 2.26. The van der Waals surface area contributed by atoms with Crippen molar-refractivity contribution in [2.75, 3.05) is 46.2 Å². The first-order valence-electron chi connectivity index (χ1n) is 13.3. The highest BCUT2D eigenvalue weighted by atomic mass is 79.9. The number of rotatable bonds is 18. The number of aliphatic hydroxyl groups is 3. The Morgan fingerprint density at radius 2 is 1.88 bits per heavy atom. The zero-order valence-electron chi connectivity index (χ0n) is 23.0. The van der Waals surface area contributed by atoms with Crippen molar-refractivity contribution in [2.24, 2.45) is 5.92 Å². The van der Waals surface area contributed by atoms with Crippen molar-refractivity contribution in [3.8, 4) is 5.75 Å². The SMILES string of the molecule is CCNC(=O)CCC(NC(=O)c1cc2cc(Br)c(OCC(O)C(CO)COCCCO)cc2oc1=O)C(=O)OCC. The van der Waals surface area contributed by atoms with Crippen LogP contribution in [0.1, 0.15) is 43.5 Å². The molecule has 0 radical (unpaired) electrons. The van der Waals surface area contributed by atoms with E-state index in [1.54, 1.807) is 19.9 Å². The van der Waals surface area contributed by atoms with Gasteiger partial charge in [-0.05, 0) is 54.8 Å². The number of amides is 2. The zero-order valence-corrected chi connectivity index (χ0v) is 24.6. The number of hydrogen-bond donors (Lipinski definition) is 5. The minimum Gasteiger partial charge on any atom is -0.490 e. The smallest absolute Gasteiger partial charge is 0.349 e. The lowest BCUT2D eigenvalue weighted by molar-refractivity contribution is -0.145. The Bertz CT molecular complexity index is 1220. The van der Waals surface area contributed by atoms with Crippen LogP contribution in [0.15, 0.2) is 31.9 Å². The van der Waals surface area contributed by atoms with Gasteiger partial charge in [-0.3, -0.25) is 9.59 Å². The summed E-state index contributed by atoms with van der Waals surface area (Å²) < 4.78 is 21.8.